The lowest BCUT2D eigenvalue weighted by atomic mass is 10.1. The van der Waals surface area contributed by atoms with Crippen molar-refractivity contribution in [2.75, 3.05) is 33.0 Å². The molecule has 0 aliphatic carbocycles. The summed E-state index contributed by atoms with van der Waals surface area (Å²) in [5.74, 6) is -0.372. The zero-order chi connectivity index (χ0) is 40.9. The van der Waals surface area contributed by atoms with E-state index < -0.39 is 13.9 Å². The average molecular weight is 802 g/mol. The number of rotatable bonds is 40. The Bertz CT molecular complexity index is 1170. The third-order valence-corrected chi connectivity index (χ3v) is 9.49. The predicted octanol–water partition coefficient (Wildman–Crippen LogP) is 13.1. The molecule has 0 aromatic heterocycles. The Hall–Kier alpha value is -2.58. The van der Waals surface area contributed by atoms with Crippen molar-refractivity contribution in [2.45, 2.75) is 161 Å². The van der Waals surface area contributed by atoms with Crippen LogP contribution in [0.3, 0.4) is 0 Å². The first-order valence-corrected chi connectivity index (χ1v) is 23.2. The maximum atomic E-state index is 12.6. The fraction of sp³-hybridized carbons (Fsp3) is 0.638. The minimum atomic E-state index is -4.31. The molecule has 0 bridgehead atoms. The van der Waals surface area contributed by atoms with Gasteiger partial charge in [-0.15, -0.1) is 0 Å². The number of hydrogen-bond acceptors (Lipinski definition) is 7. The summed E-state index contributed by atoms with van der Waals surface area (Å²) in [6, 6.07) is 0. The molecule has 2 unspecified atom stereocenters. The van der Waals surface area contributed by atoms with E-state index in [2.05, 4.69) is 105 Å². The van der Waals surface area contributed by atoms with Crippen LogP contribution in [0.15, 0.2) is 97.2 Å². The first-order valence-electron chi connectivity index (χ1n) is 21.7. The van der Waals surface area contributed by atoms with Gasteiger partial charge in [0, 0.05) is 13.0 Å². The van der Waals surface area contributed by atoms with Gasteiger partial charge in [0.15, 0.2) is 0 Å². The summed E-state index contributed by atoms with van der Waals surface area (Å²) in [5.41, 5.74) is 5.36. The van der Waals surface area contributed by atoms with Crippen LogP contribution >= 0.6 is 7.82 Å². The number of ether oxygens (including phenoxy) is 2. The highest BCUT2D eigenvalue weighted by Crippen LogP contribution is 2.43. The molecule has 0 radical (unpaired) electrons. The number of esters is 1. The summed E-state index contributed by atoms with van der Waals surface area (Å²) in [7, 11) is -4.31. The fourth-order valence-corrected chi connectivity index (χ4v) is 6.13. The van der Waals surface area contributed by atoms with Crippen LogP contribution in [0.25, 0.3) is 0 Å². The summed E-state index contributed by atoms with van der Waals surface area (Å²) in [5, 5.41) is 0. The summed E-state index contributed by atoms with van der Waals surface area (Å²) in [4.78, 5) is 22.5. The summed E-state index contributed by atoms with van der Waals surface area (Å²) >= 11 is 0. The Labute approximate surface area is 342 Å². The number of carbonyl (C=O) groups excluding carboxylic acids is 1. The van der Waals surface area contributed by atoms with Gasteiger partial charge in [0.25, 0.3) is 0 Å². The summed E-state index contributed by atoms with van der Waals surface area (Å²) < 4.78 is 33.3. The highest BCUT2D eigenvalue weighted by atomic mass is 31.2. The molecule has 0 amide bonds. The Kier molecular flexibility index (Phi) is 41.5. The summed E-state index contributed by atoms with van der Waals surface area (Å²) in [6.07, 6.45) is 57.3. The van der Waals surface area contributed by atoms with Gasteiger partial charge in [-0.25, -0.2) is 4.57 Å². The second-order valence-corrected chi connectivity index (χ2v) is 15.3. The van der Waals surface area contributed by atoms with Gasteiger partial charge in [0.05, 0.1) is 26.4 Å². The third kappa shape index (κ3) is 42.6. The zero-order valence-electron chi connectivity index (χ0n) is 35.3. The van der Waals surface area contributed by atoms with Crippen molar-refractivity contribution in [1.29, 1.82) is 0 Å². The quantitative estimate of drug-likeness (QED) is 0.0272. The number of nitrogens with two attached hydrogens (primary N) is 1. The average Bonchev–Trinajstić information content (AvgIpc) is 3.19. The number of hydrogen-bond donors (Lipinski definition) is 2. The van der Waals surface area contributed by atoms with E-state index in [1.165, 1.54) is 51.4 Å². The zero-order valence-corrected chi connectivity index (χ0v) is 36.2. The second kappa shape index (κ2) is 43.5. The molecule has 0 aromatic carbocycles. The number of phosphoric acid groups is 1. The first-order chi connectivity index (χ1) is 27.4. The van der Waals surface area contributed by atoms with Crippen molar-refractivity contribution < 1.29 is 32.8 Å². The van der Waals surface area contributed by atoms with Crippen LogP contribution in [-0.2, 0) is 27.9 Å². The normalized spacial score (nSPS) is 14.4. The first kappa shape index (κ1) is 53.4. The molecule has 0 aliphatic rings. The Morgan fingerprint density at radius 2 is 1.00 bits per heavy atom. The van der Waals surface area contributed by atoms with Gasteiger partial charge in [-0.2, -0.15) is 0 Å². The van der Waals surface area contributed by atoms with Gasteiger partial charge in [-0.3, -0.25) is 13.8 Å². The number of carbonyl (C=O) groups is 1. The molecular weight excluding hydrogens is 721 g/mol. The van der Waals surface area contributed by atoms with Crippen molar-refractivity contribution in [1.82, 2.24) is 0 Å². The molecule has 320 valence electrons. The topological polar surface area (TPSA) is 117 Å². The van der Waals surface area contributed by atoms with Crippen molar-refractivity contribution in [3.05, 3.63) is 97.2 Å². The van der Waals surface area contributed by atoms with Crippen molar-refractivity contribution in [3.8, 4) is 0 Å². The lowest BCUT2D eigenvalue weighted by molar-refractivity contribution is -0.154. The van der Waals surface area contributed by atoms with E-state index in [1.807, 2.05) is 6.08 Å². The molecule has 2 atom stereocenters. The largest absolute Gasteiger partial charge is 0.472 e. The Morgan fingerprint density at radius 1 is 0.554 bits per heavy atom. The molecule has 0 rings (SSSR count). The monoisotopic (exact) mass is 802 g/mol. The molecule has 0 aliphatic heterocycles. The SMILES string of the molecule is CC/C=C\C/C=C\C/C=C\C/C=C\C/C=C\CCOCC(COP(=O)(O)OCCN)OC(=O)CCCCCCCC/C=C\C/C=C\C/C=C\CCCCCCC. The number of phosphoric ester groups is 1. The molecule has 56 heavy (non-hydrogen) atoms. The molecule has 0 saturated heterocycles. The molecular formula is C47H80NO7P. The molecule has 0 heterocycles. The van der Waals surface area contributed by atoms with Crippen molar-refractivity contribution in [2.24, 2.45) is 5.73 Å². The molecule has 9 heteroatoms. The number of unbranched alkanes of at least 4 members (excludes halogenated alkanes) is 11. The third-order valence-electron chi connectivity index (χ3n) is 8.50. The van der Waals surface area contributed by atoms with Crippen LogP contribution in [-0.4, -0.2) is 49.9 Å². The maximum Gasteiger partial charge on any atom is 0.472 e. The van der Waals surface area contributed by atoms with E-state index in [9.17, 15) is 14.3 Å². The molecule has 0 saturated carbocycles. The number of allylic oxidation sites excluding steroid dienone is 15. The van der Waals surface area contributed by atoms with Gasteiger partial charge >= 0.3 is 13.8 Å². The lowest BCUT2D eigenvalue weighted by Crippen LogP contribution is -2.28. The van der Waals surface area contributed by atoms with Gasteiger partial charge < -0.3 is 20.1 Å². The highest BCUT2D eigenvalue weighted by molar-refractivity contribution is 7.47. The fourth-order valence-electron chi connectivity index (χ4n) is 5.36. The van der Waals surface area contributed by atoms with Crippen LogP contribution in [0.4, 0.5) is 0 Å². The maximum absolute atomic E-state index is 12.6. The van der Waals surface area contributed by atoms with Crippen LogP contribution in [0.2, 0.25) is 0 Å². The molecule has 3 N–H and O–H groups in total. The summed E-state index contributed by atoms with van der Waals surface area (Å²) in [6.45, 7) is 4.52. The van der Waals surface area contributed by atoms with E-state index in [0.29, 0.717) is 13.0 Å². The molecule has 0 aromatic rings. The highest BCUT2D eigenvalue weighted by Gasteiger charge is 2.25. The Morgan fingerprint density at radius 3 is 1.50 bits per heavy atom. The lowest BCUT2D eigenvalue weighted by Gasteiger charge is -2.19. The van der Waals surface area contributed by atoms with Gasteiger partial charge in [0.2, 0.25) is 0 Å². The van der Waals surface area contributed by atoms with E-state index >= 15 is 0 Å². The molecule has 8 nitrogen and oxygen atoms in total. The molecule has 0 spiro atoms. The van der Waals surface area contributed by atoms with Crippen molar-refractivity contribution in [3.63, 3.8) is 0 Å². The predicted molar refractivity (Wildman–Crippen MR) is 238 cm³/mol. The van der Waals surface area contributed by atoms with E-state index in [0.717, 1.165) is 77.0 Å². The van der Waals surface area contributed by atoms with E-state index in [-0.39, 0.29) is 38.8 Å². The standard InChI is InChI=1S/C47H80NO7P/c1-3-5-7-9-11-13-15-17-19-21-22-23-24-25-26-28-30-32-34-36-38-40-47(49)55-46(45-54-56(50,51)53-43-41-48)44-52-42-39-37-35-33-31-29-27-20-18-16-14-12-10-8-6-4-2/h6,8,12,14-15,17-18,20-22,24-25,29,31,35,37,46H,3-5,7,9-11,13,16,19,23,26-28,30,32-34,36,38-45,48H2,1-2H3,(H,50,51)/b8-6-,14-12-,17-15-,20-18-,22-21-,25-24-,31-29-,37-35-. The smallest absolute Gasteiger partial charge is 0.457 e. The van der Waals surface area contributed by atoms with Gasteiger partial charge in [-0.05, 0) is 83.5 Å². The van der Waals surface area contributed by atoms with Crippen LogP contribution in [0.1, 0.15) is 155 Å². The van der Waals surface area contributed by atoms with Gasteiger partial charge in [0.1, 0.15) is 6.10 Å². The van der Waals surface area contributed by atoms with Crippen LogP contribution in [0, 0.1) is 0 Å². The minimum Gasteiger partial charge on any atom is -0.457 e. The Balaban J connectivity index is 4.19. The van der Waals surface area contributed by atoms with Gasteiger partial charge in [-0.1, -0.05) is 162 Å². The van der Waals surface area contributed by atoms with E-state index in [4.69, 9.17) is 24.3 Å². The second-order valence-electron chi connectivity index (χ2n) is 13.8. The minimum absolute atomic E-state index is 0.0503. The molecule has 0 fully saturated rings. The van der Waals surface area contributed by atoms with Crippen LogP contribution in [0.5, 0.6) is 0 Å². The van der Waals surface area contributed by atoms with Crippen molar-refractivity contribution >= 4 is 13.8 Å². The van der Waals surface area contributed by atoms with Crippen LogP contribution < -0.4 is 5.73 Å². The van der Waals surface area contributed by atoms with E-state index in [1.54, 1.807) is 0 Å².